The Morgan fingerprint density at radius 2 is 0.557 bits per heavy atom. The van der Waals surface area contributed by atoms with Crippen LogP contribution in [-0.4, -0.2) is 37.2 Å². The predicted octanol–water partition coefficient (Wildman–Crippen LogP) is 19.7. The first-order valence-electron chi connectivity index (χ1n) is 29.2. The van der Waals surface area contributed by atoms with Crippen molar-refractivity contribution in [2.24, 2.45) is 0 Å². The third kappa shape index (κ3) is 55.3. The van der Waals surface area contributed by atoms with Crippen molar-refractivity contribution in [1.29, 1.82) is 0 Å². The molecule has 6 heteroatoms. The molecule has 0 saturated carbocycles. The Hall–Kier alpha value is -3.67. The lowest BCUT2D eigenvalue weighted by molar-refractivity contribution is -0.167. The van der Waals surface area contributed by atoms with Crippen LogP contribution in [0.15, 0.2) is 97.2 Å². The van der Waals surface area contributed by atoms with E-state index in [9.17, 15) is 14.4 Å². The van der Waals surface area contributed by atoms with Gasteiger partial charge in [-0.1, -0.05) is 234 Å². The molecule has 0 saturated heterocycles. The van der Waals surface area contributed by atoms with Gasteiger partial charge in [-0.05, 0) is 116 Å². The number of allylic oxidation sites excluding steroid dienone is 16. The second-order valence-electron chi connectivity index (χ2n) is 19.1. The normalized spacial score (nSPS) is 12.8. The van der Waals surface area contributed by atoms with Crippen LogP contribution in [0.5, 0.6) is 0 Å². The summed E-state index contributed by atoms with van der Waals surface area (Å²) >= 11 is 0. The van der Waals surface area contributed by atoms with Crippen LogP contribution in [0.3, 0.4) is 0 Å². The molecule has 0 fully saturated rings. The predicted molar refractivity (Wildman–Crippen MR) is 302 cm³/mol. The average Bonchev–Trinajstić information content (AvgIpc) is 3.36. The third-order valence-electron chi connectivity index (χ3n) is 12.3. The Morgan fingerprint density at radius 3 is 0.886 bits per heavy atom. The van der Waals surface area contributed by atoms with Gasteiger partial charge in [-0.2, -0.15) is 0 Å². The maximum Gasteiger partial charge on any atom is 0.306 e. The van der Waals surface area contributed by atoms with E-state index in [0.29, 0.717) is 19.3 Å². The lowest BCUT2D eigenvalue weighted by Gasteiger charge is -2.18. The van der Waals surface area contributed by atoms with Gasteiger partial charge in [-0.3, -0.25) is 14.4 Å². The lowest BCUT2D eigenvalue weighted by atomic mass is 10.1. The number of unbranched alkanes of at least 4 members (excludes halogenated alkanes) is 25. The van der Waals surface area contributed by atoms with Crippen LogP contribution in [0.25, 0.3) is 0 Å². The topological polar surface area (TPSA) is 78.9 Å². The summed E-state index contributed by atoms with van der Waals surface area (Å²) in [6.07, 6.45) is 76.8. The van der Waals surface area contributed by atoms with E-state index >= 15 is 0 Å². The summed E-state index contributed by atoms with van der Waals surface area (Å²) in [5.41, 5.74) is 0. The van der Waals surface area contributed by atoms with Gasteiger partial charge in [0.2, 0.25) is 0 Å². The van der Waals surface area contributed by atoms with Gasteiger partial charge in [0, 0.05) is 19.3 Å². The molecule has 0 aliphatic rings. The standard InChI is InChI=1S/C64H108O6/c1-4-7-10-13-16-19-22-25-28-30-31-32-33-34-37-39-42-45-48-51-54-57-63(66)69-60-61(59-68-62(65)56-53-50-47-44-41-38-35-27-24-21-18-15-12-9-6-3)70-64(67)58-55-52-49-46-43-40-36-29-26-23-20-17-14-11-8-5-2/h7,9-10,12,16,18-19,21,25,27-29,31-32,35-36,61H,4-6,8,11,13-15,17,20,22-24,26,30,33-34,37-60H2,1-3H3/b10-7-,12-9-,19-16-,21-18-,28-25-,32-31-,35-27-,36-29-. The minimum Gasteiger partial charge on any atom is -0.462 e. The summed E-state index contributed by atoms with van der Waals surface area (Å²) < 4.78 is 16.9. The van der Waals surface area contributed by atoms with Gasteiger partial charge < -0.3 is 14.2 Å². The van der Waals surface area contributed by atoms with Gasteiger partial charge in [0.15, 0.2) is 6.10 Å². The Labute approximate surface area is 432 Å². The van der Waals surface area contributed by atoms with Gasteiger partial charge in [0.25, 0.3) is 0 Å². The first kappa shape index (κ1) is 66.3. The Morgan fingerprint density at radius 1 is 0.300 bits per heavy atom. The highest BCUT2D eigenvalue weighted by molar-refractivity contribution is 5.71. The molecule has 0 aliphatic heterocycles. The second-order valence-corrected chi connectivity index (χ2v) is 19.1. The molecule has 0 bridgehead atoms. The Kier molecular flexibility index (Phi) is 54.9. The molecule has 6 nitrogen and oxygen atoms in total. The van der Waals surface area contributed by atoms with Crippen molar-refractivity contribution in [3.63, 3.8) is 0 Å². The zero-order chi connectivity index (χ0) is 50.7. The van der Waals surface area contributed by atoms with Crippen molar-refractivity contribution in [2.45, 2.75) is 277 Å². The summed E-state index contributed by atoms with van der Waals surface area (Å²) in [6, 6.07) is 0. The first-order chi connectivity index (χ1) is 34.5. The van der Waals surface area contributed by atoms with E-state index in [1.807, 2.05) is 0 Å². The Bertz CT molecular complexity index is 1400. The van der Waals surface area contributed by atoms with Crippen LogP contribution >= 0.6 is 0 Å². The van der Waals surface area contributed by atoms with Crippen LogP contribution in [0.1, 0.15) is 271 Å². The molecular weight excluding hydrogens is 865 g/mol. The number of ether oxygens (including phenoxy) is 3. The summed E-state index contributed by atoms with van der Waals surface area (Å²) in [6.45, 7) is 6.40. The largest absolute Gasteiger partial charge is 0.462 e. The molecule has 0 aromatic heterocycles. The smallest absolute Gasteiger partial charge is 0.306 e. The average molecular weight is 974 g/mol. The summed E-state index contributed by atoms with van der Waals surface area (Å²) in [5.74, 6) is -0.919. The molecule has 1 atom stereocenters. The Balaban J connectivity index is 4.41. The zero-order valence-electron chi connectivity index (χ0n) is 45.8. The molecule has 1 unspecified atom stereocenters. The molecule has 0 rings (SSSR count). The molecular formula is C64H108O6. The van der Waals surface area contributed by atoms with Crippen LogP contribution < -0.4 is 0 Å². The molecule has 0 radical (unpaired) electrons. The van der Waals surface area contributed by atoms with Crippen LogP contribution in [-0.2, 0) is 28.6 Å². The molecule has 0 aromatic rings. The van der Waals surface area contributed by atoms with Crippen molar-refractivity contribution in [3.05, 3.63) is 97.2 Å². The minimum absolute atomic E-state index is 0.0910. The highest BCUT2D eigenvalue weighted by Crippen LogP contribution is 2.15. The zero-order valence-corrected chi connectivity index (χ0v) is 45.8. The number of rotatable bonds is 52. The molecule has 0 N–H and O–H groups in total. The number of carbonyl (C=O) groups excluding carboxylic acids is 3. The monoisotopic (exact) mass is 973 g/mol. The van der Waals surface area contributed by atoms with Crippen LogP contribution in [0.2, 0.25) is 0 Å². The van der Waals surface area contributed by atoms with E-state index in [2.05, 4.69) is 118 Å². The van der Waals surface area contributed by atoms with E-state index < -0.39 is 6.10 Å². The van der Waals surface area contributed by atoms with Crippen molar-refractivity contribution >= 4 is 17.9 Å². The molecule has 70 heavy (non-hydrogen) atoms. The molecule has 0 spiro atoms. The van der Waals surface area contributed by atoms with E-state index in [1.165, 1.54) is 89.9 Å². The third-order valence-corrected chi connectivity index (χ3v) is 12.3. The molecule has 0 heterocycles. The first-order valence-corrected chi connectivity index (χ1v) is 29.2. The van der Waals surface area contributed by atoms with Crippen LogP contribution in [0, 0.1) is 0 Å². The summed E-state index contributed by atoms with van der Waals surface area (Å²) in [7, 11) is 0. The molecule has 400 valence electrons. The SMILES string of the molecule is CC/C=C\C/C=C\C/C=C\C/C=C\CCCCCCCCCCC(=O)OCC(COC(=O)CCCCCCC/C=C\C/C=C\C/C=C\CC)OC(=O)CCCCCCC/C=C\CCCCCCCCC. The molecule has 0 amide bonds. The van der Waals surface area contributed by atoms with Crippen molar-refractivity contribution in [1.82, 2.24) is 0 Å². The van der Waals surface area contributed by atoms with E-state index in [4.69, 9.17) is 14.2 Å². The van der Waals surface area contributed by atoms with Crippen LogP contribution in [0.4, 0.5) is 0 Å². The quantitative estimate of drug-likeness (QED) is 0.0262. The van der Waals surface area contributed by atoms with E-state index in [1.54, 1.807) is 0 Å². The fourth-order valence-corrected chi connectivity index (χ4v) is 7.97. The lowest BCUT2D eigenvalue weighted by Crippen LogP contribution is -2.30. The number of hydrogen-bond donors (Lipinski definition) is 0. The van der Waals surface area contributed by atoms with Gasteiger partial charge >= 0.3 is 17.9 Å². The van der Waals surface area contributed by atoms with E-state index in [0.717, 1.165) is 141 Å². The van der Waals surface area contributed by atoms with Gasteiger partial charge in [0.05, 0.1) is 0 Å². The number of esters is 3. The fraction of sp³-hybridized carbons (Fsp3) is 0.703. The maximum absolute atomic E-state index is 12.9. The second kappa shape index (κ2) is 57.9. The fourth-order valence-electron chi connectivity index (χ4n) is 7.97. The summed E-state index contributed by atoms with van der Waals surface area (Å²) in [5, 5.41) is 0. The van der Waals surface area contributed by atoms with E-state index in [-0.39, 0.29) is 31.1 Å². The highest BCUT2D eigenvalue weighted by atomic mass is 16.6. The highest BCUT2D eigenvalue weighted by Gasteiger charge is 2.19. The molecule has 0 aromatic carbocycles. The molecule has 0 aliphatic carbocycles. The summed E-state index contributed by atoms with van der Waals surface area (Å²) in [4.78, 5) is 38.2. The number of hydrogen-bond acceptors (Lipinski definition) is 6. The van der Waals surface area contributed by atoms with Gasteiger partial charge in [-0.15, -0.1) is 0 Å². The van der Waals surface area contributed by atoms with Crippen molar-refractivity contribution in [3.8, 4) is 0 Å². The van der Waals surface area contributed by atoms with Gasteiger partial charge in [-0.25, -0.2) is 0 Å². The van der Waals surface area contributed by atoms with Crippen molar-refractivity contribution in [2.75, 3.05) is 13.2 Å². The number of carbonyl (C=O) groups is 3. The van der Waals surface area contributed by atoms with Crippen molar-refractivity contribution < 1.29 is 28.6 Å². The van der Waals surface area contributed by atoms with Gasteiger partial charge in [0.1, 0.15) is 13.2 Å². The maximum atomic E-state index is 12.9. The minimum atomic E-state index is -0.794.